The van der Waals surface area contributed by atoms with E-state index in [0.717, 1.165) is 6.42 Å². The molecule has 0 spiro atoms. The lowest BCUT2D eigenvalue weighted by Crippen LogP contribution is -2.40. The predicted molar refractivity (Wildman–Crippen MR) is 126 cm³/mol. The van der Waals surface area contributed by atoms with Gasteiger partial charge in [0.2, 0.25) is 11.8 Å². The number of esters is 1. The molecule has 0 aliphatic carbocycles. The quantitative estimate of drug-likeness (QED) is 0.233. The van der Waals surface area contributed by atoms with Crippen LogP contribution >= 0.6 is 0 Å². The van der Waals surface area contributed by atoms with E-state index < -0.39 is 30.1 Å². The van der Waals surface area contributed by atoms with Crippen LogP contribution in [0.15, 0.2) is 36.0 Å². The number of hydrogen-bond donors (Lipinski definition) is 3. The Labute approximate surface area is 201 Å². The zero-order valence-corrected chi connectivity index (χ0v) is 20.2. The second-order valence-electron chi connectivity index (χ2n) is 9.41. The molecule has 34 heavy (non-hydrogen) atoms. The summed E-state index contributed by atoms with van der Waals surface area (Å²) < 4.78 is 5.68. The Hall–Kier alpha value is -2.58. The fourth-order valence-electron chi connectivity index (χ4n) is 4.31. The summed E-state index contributed by atoms with van der Waals surface area (Å²) >= 11 is 0. The first-order chi connectivity index (χ1) is 16.1. The number of carbonyl (C=O) groups excluding carboxylic acids is 4. The van der Waals surface area contributed by atoms with E-state index in [-0.39, 0.29) is 48.7 Å². The Morgan fingerprint density at radius 1 is 1.21 bits per heavy atom. The molecule has 0 radical (unpaired) electrons. The van der Waals surface area contributed by atoms with E-state index in [0.29, 0.717) is 24.8 Å². The zero-order valence-electron chi connectivity index (χ0n) is 20.2. The van der Waals surface area contributed by atoms with Gasteiger partial charge in [0.1, 0.15) is 6.10 Å². The number of aliphatic hydroxyl groups is 2. The van der Waals surface area contributed by atoms with Gasteiger partial charge in [0, 0.05) is 31.1 Å². The van der Waals surface area contributed by atoms with Crippen molar-refractivity contribution in [1.82, 2.24) is 5.32 Å². The van der Waals surface area contributed by atoms with E-state index in [2.05, 4.69) is 5.32 Å². The minimum atomic E-state index is -1.14. The monoisotopic (exact) mass is 475 g/mol. The van der Waals surface area contributed by atoms with E-state index >= 15 is 0 Å². The minimum absolute atomic E-state index is 0.115. The summed E-state index contributed by atoms with van der Waals surface area (Å²) in [5.41, 5.74) is 0.622. The van der Waals surface area contributed by atoms with Crippen LogP contribution in [-0.2, 0) is 23.9 Å². The zero-order chi connectivity index (χ0) is 25.3. The van der Waals surface area contributed by atoms with Gasteiger partial charge >= 0.3 is 5.97 Å². The first kappa shape index (κ1) is 27.7. The van der Waals surface area contributed by atoms with E-state index in [1.54, 1.807) is 39.0 Å². The van der Waals surface area contributed by atoms with Gasteiger partial charge in [-0.1, -0.05) is 38.2 Å². The molecular weight excluding hydrogens is 438 g/mol. The highest BCUT2D eigenvalue weighted by Crippen LogP contribution is 2.25. The van der Waals surface area contributed by atoms with Crippen LogP contribution in [0.5, 0.6) is 0 Å². The standard InChI is InChI=1S/C26H37NO7/c1-16(20(28)11-8-9-19-14-22(30)27-23(31)15-19)13-17(2)26-18(3)25(33)21(29)10-6-4-5-7-12-24(32)34-26/h6,8,10-11,13,16,18-19,21,25-26,29,33H,4-5,7,9,12,14-15H2,1-3H3,(H,27,30,31)/b10-6+,11-8+,17-13+/t16-,18-,21-,25-,26-/m0/s1. The number of aliphatic hydroxyl groups excluding tert-OH is 2. The maximum atomic E-state index is 12.6. The molecule has 0 aromatic carbocycles. The largest absolute Gasteiger partial charge is 0.457 e. The molecule has 2 amide bonds. The van der Waals surface area contributed by atoms with Crippen molar-refractivity contribution in [1.29, 1.82) is 0 Å². The molecule has 2 rings (SSSR count). The van der Waals surface area contributed by atoms with E-state index in [1.807, 2.05) is 6.08 Å². The predicted octanol–water partition coefficient (Wildman–Crippen LogP) is 2.54. The molecule has 0 unspecified atom stereocenters. The maximum Gasteiger partial charge on any atom is 0.306 e. The van der Waals surface area contributed by atoms with Gasteiger partial charge in [-0.2, -0.15) is 0 Å². The molecule has 5 atom stereocenters. The molecule has 0 bridgehead atoms. The van der Waals surface area contributed by atoms with Crippen molar-refractivity contribution in [2.75, 3.05) is 0 Å². The van der Waals surface area contributed by atoms with Crippen LogP contribution in [0.1, 0.15) is 65.7 Å². The van der Waals surface area contributed by atoms with Crippen LogP contribution in [0.3, 0.4) is 0 Å². The second-order valence-corrected chi connectivity index (χ2v) is 9.41. The Morgan fingerprint density at radius 3 is 2.56 bits per heavy atom. The van der Waals surface area contributed by atoms with Crippen LogP contribution in [-0.4, -0.2) is 52.1 Å². The molecule has 8 heteroatoms. The molecular formula is C26H37NO7. The number of ketones is 1. The average Bonchev–Trinajstić information content (AvgIpc) is 2.77. The summed E-state index contributed by atoms with van der Waals surface area (Å²) in [4.78, 5) is 47.9. The first-order valence-electron chi connectivity index (χ1n) is 12.0. The van der Waals surface area contributed by atoms with E-state index in [9.17, 15) is 29.4 Å². The van der Waals surface area contributed by atoms with Crippen molar-refractivity contribution in [2.45, 2.75) is 84.0 Å². The molecule has 3 N–H and O–H groups in total. The van der Waals surface area contributed by atoms with Crippen LogP contribution in [0.4, 0.5) is 0 Å². The number of cyclic esters (lactones) is 1. The number of amides is 2. The lowest BCUT2D eigenvalue weighted by atomic mass is 9.87. The Morgan fingerprint density at radius 2 is 1.88 bits per heavy atom. The van der Waals surface area contributed by atoms with Crippen LogP contribution in [0.25, 0.3) is 0 Å². The molecule has 0 saturated carbocycles. The number of nitrogens with one attached hydrogen (secondary N) is 1. The second kappa shape index (κ2) is 13.3. The number of allylic oxidation sites excluding steroid dienone is 4. The third-order valence-electron chi connectivity index (χ3n) is 6.35. The van der Waals surface area contributed by atoms with E-state index in [1.165, 1.54) is 6.08 Å². The SMILES string of the molecule is C/C(=C\[C@H](C)C(=O)/C=C/CC1CC(=O)NC(=O)C1)[C@@H]1OC(=O)CCCC/C=C/[C@H](O)[C@@H](O)[C@@H]1C. The van der Waals surface area contributed by atoms with Gasteiger partial charge < -0.3 is 14.9 Å². The lowest BCUT2D eigenvalue weighted by molar-refractivity contribution is -0.152. The summed E-state index contributed by atoms with van der Waals surface area (Å²) in [6, 6.07) is 0. The van der Waals surface area contributed by atoms with E-state index in [4.69, 9.17) is 4.74 Å². The Kier molecular flexibility index (Phi) is 10.9. The fraction of sp³-hybridized carbons (Fsp3) is 0.615. The summed E-state index contributed by atoms with van der Waals surface area (Å²) in [7, 11) is 0. The average molecular weight is 476 g/mol. The molecule has 1 saturated heterocycles. The molecule has 2 aliphatic rings. The molecule has 0 aromatic rings. The Bertz CT molecular complexity index is 828. The van der Waals surface area contributed by atoms with Gasteiger partial charge in [0.15, 0.2) is 5.78 Å². The normalized spacial score (nSPS) is 30.1. The van der Waals surface area contributed by atoms with Crippen molar-refractivity contribution in [2.24, 2.45) is 17.8 Å². The number of rotatable bonds is 6. The van der Waals surface area contributed by atoms with Crippen LogP contribution in [0, 0.1) is 17.8 Å². The van der Waals surface area contributed by atoms with Crippen LogP contribution in [0.2, 0.25) is 0 Å². The third-order valence-corrected chi connectivity index (χ3v) is 6.35. The molecule has 8 nitrogen and oxygen atoms in total. The van der Waals surface area contributed by atoms with Gasteiger partial charge in [-0.05, 0) is 50.2 Å². The highest BCUT2D eigenvalue weighted by atomic mass is 16.5. The first-order valence-corrected chi connectivity index (χ1v) is 12.0. The van der Waals surface area contributed by atoms with Crippen LogP contribution < -0.4 is 5.32 Å². The smallest absolute Gasteiger partial charge is 0.306 e. The molecule has 2 heterocycles. The molecule has 1 fully saturated rings. The summed E-state index contributed by atoms with van der Waals surface area (Å²) in [6.07, 6.45) is 8.61. The number of carbonyl (C=O) groups is 4. The summed E-state index contributed by atoms with van der Waals surface area (Å²) in [5.74, 6) is -2.35. The molecule has 2 aliphatic heterocycles. The minimum Gasteiger partial charge on any atom is -0.457 e. The highest BCUT2D eigenvalue weighted by molar-refractivity contribution is 5.97. The summed E-state index contributed by atoms with van der Waals surface area (Å²) in [6.45, 7) is 5.18. The topological polar surface area (TPSA) is 130 Å². The fourth-order valence-corrected chi connectivity index (χ4v) is 4.31. The van der Waals surface area contributed by atoms with Gasteiger partial charge in [-0.3, -0.25) is 24.5 Å². The third kappa shape index (κ3) is 8.65. The molecule has 188 valence electrons. The van der Waals surface area contributed by atoms with Crippen molar-refractivity contribution in [3.05, 3.63) is 36.0 Å². The van der Waals surface area contributed by atoms with Gasteiger partial charge in [-0.25, -0.2) is 0 Å². The number of imide groups is 1. The number of piperidine rings is 1. The van der Waals surface area contributed by atoms with Gasteiger partial charge in [-0.15, -0.1) is 0 Å². The van der Waals surface area contributed by atoms with Gasteiger partial charge in [0.05, 0.1) is 12.2 Å². The van der Waals surface area contributed by atoms with Gasteiger partial charge in [0.25, 0.3) is 0 Å². The van der Waals surface area contributed by atoms with Crippen molar-refractivity contribution < 1.29 is 34.1 Å². The number of hydrogen-bond acceptors (Lipinski definition) is 7. The maximum absolute atomic E-state index is 12.6. The van der Waals surface area contributed by atoms with Crippen molar-refractivity contribution in [3.8, 4) is 0 Å². The summed E-state index contributed by atoms with van der Waals surface area (Å²) in [5, 5.41) is 23.2. The highest BCUT2D eigenvalue weighted by Gasteiger charge is 2.32. The lowest BCUT2D eigenvalue weighted by Gasteiger charge is -2.31. The Balaban J connectivity index is 2.07. The molecule has 0 aromatic heterocycles. The van der Waals surface area contributed by atoms with Crippen molar-refractivity contribution in [3.63, 3.8) is 0 Å². The number of ether oxygens (including phenoxy) is 1. The van der Waals surface area contributed by atoms with Crippen molar-refractivity contribution >= 4 is 23.6 Å².